The Morgan fingerprint density at radius 1 is 0.968 bits per heavy atom. The van der Waals surface area contributed by atoms with Crippen LogP contribution in [0.1, 0.15) is 93.0 Å². The zero-order chi connectivity index (χ0) is 22.2. The van der Waals surface area contributed by atoms with Gasteiger partial charge in [-0.25, -0.2) is 9.18 Å². The Morgan fingerprint density at radius 3 is 2.29 bits per heavy atom. The predicted molar refractivity (Wildman–Crippen MR) is 125 cm³/mol. The van der Waals surface area contributed by atoms with Crippen molar-refractivity contribution in [1.29, 1.82) is 0 Å². The second kappa shape index (κ2) is 11.2. The Morgan fingerprint density at radius 2 is 1.65 bits per heavy atom. The van der Waals surface area contributed by atoms with Crippen molar-refractivity contribution in [2.75, 3.05) is 11.5 Å². The number of unbranched alkanes of at least 4 members (excludes halogenated alkanes) is 4. The number of hydrogen-bond acceptors (Lipinski definition) is 4. The van der Waals surface area contributed by atoms with E-state index in [9.17, 15) is 9.18 Å². The maximum Gasteiger partial charge on any atom is 0.343 e. The fourth-order valence-electron chi connectivity index (χ4n) is 4.66. The quantitative estimate of drug-likeness (QED) is 0.199. The van der Waals surface area contributed by atoms with E-state index in [2.05, 4.69) is 6.92 Å². The van der Waals surface area contributed by atoms with Crippen LogP contribution in [0.25, 0.3) is 0 Å². The maximum absolute atomic E-state index is 14.8. The van der Waals surface area contributed by atoms with Crippen molar-refractivity contribution < 1.29 is 13.9 Å². The largest absolute Gasteiger partial charge is 0.423 e. The molecule has 2 aromatic carbocycles. The Bertz CT molecular complexity index is 855. The van der Waals surface area contributed by atoms with E-state index in [1.165, 1.54) is 69.6 Å². The van der Waals surface area contributed by atoms with Crippen molar-refractivity contribution in [3.8, 4) is 5.75 Å². The lowest BCUT2D eigenvalue weighted by atomic mass is 9.77. The number of anilines is 2. The van der Waals surface area contributed by atoms with Gasteiger partial charge in [-0.2, -0.15) is 0 Å². The van der Waals surface area contributed by atoms with Gasteiger partial charge in [-0.1, -0.05) is 51.5 Å². The van der Waals surface area contributed by atoms with Crippen molar-refractivity contribution in [3.63, 3.8) is 0 Å². The van der Waals surface area contributed by atoms with Gasteiger partial charge in [0.1, 0.15) is 11.6 Å². The summed E-state index contributed by atoms with van der Waals surface area (Å²) >= 11 is 0. The molecule has 3 rings (SSSR count). The number of ether oxygens (including phenoxy) is 1. The molecule has 0 heterocycles. The van der Waals surface area contributed by atoms with Crippen LogP contribution in [-0.4, -0.2) is 5.97 Å². The first-order valence-corrected chi connectivity index (χ1v) is 11.6. The maximum atomic E-state index is 14.8. The molecule has 1 aliphatic rings. The third kappa shape index (κ3) is 6.71. The average molecular weight is 427 g/mol. The van der Waals surface area contributed by atoms with E-state index in [1.54, 1.807) is 18.2 Å². The van der Waals surface area contributed by atoms with Gasteiger partial charge < -0.3 is 16.2 Å². The number of nitrogen functional groups attached to an aromatic ring is 2. The number of esters is 1. The molecule has 0 unspecified atom stereocenters. The van der Waals surface area contributed by atoms with Gasteiger partial charge in [-0.15, -0.1) is 0 Å². The van der Waals surface area contributed by atoms with E-state index in [-0.39, 0.29) is 23.0 Å². The van der Waals surface area contributed by atoms with Crippen molar-refractivity contribution in [3.05, 3.63) is 53.3 Å². The van der Waals surface area contributed by atoms with Crippen LogP contribution in [0, 0.1) is 11.7 Å². The third-order valence-electron chi connectivity index (χ3n) is 6.40. The summed E-state index contributed by atoms with van der Waals surface area (Å²) in [4.78, 5) is 12.3. The molecule has 168 valence electrons. The SMILES string of the molecule is CCCCCCCC1CCC(c2ccc(OC(=O)c3cc(N)cc(N)c3)cc2F)CC1. The minimum atomic E-state index is -0.606. The van der Waals surface area contributed by atoms with E-state index >= 15 is 0 Å². The van der Waals surface area contributed by atoms with Crippen molar-refractivity contribution >= 4 is 17.3 Å². The third-order valence-corrected chi connectivity index (χ3v) is 6.40. The minimum absolute atomic E-state index is 0.188. The second-order valence-electron chi connectivity index (χ2n) is 8.88. The van der Waals surface area contributed by atoms with Crippen molar-refractivity contribution in [2.24, 2.45) is 5.92 Å². The molecule has 1 saturated carbocycles. The average Bonchev–Trinajstić information content (AvgIpc) is 2.74. The number of hydrogen-bond donors (Lipinski definition) is 2. The van der Waals surface area contributed by atoms with Gasteiger partial charge in [0.05, 0.1) is 5.56 Å². The summed E-state index contributed by atoms with van der Waals surface area (Å²) in [5.74, 6) is 0.306. The Labute approximate surface area is 185 Å². The lowest BCUT2D eigenvalue weighted by Gasteiger charge is -2.29. The lowest BCUT2D eigenvalue weighted by molar-refractivity contribution is 0.0734. The van der Waals surface area contributed by atoms with Gasteiger partial charge in [0.25, 0.3) is 0 Å². The highest BCUT2D eigenvalue weighted by molar-refractivity contribution is 5.93. The van der Waals surface area contributed by atoms with Gasteiger partial charge in [0.15, 0.2) is 0 Å². The minimum Gasteiger partial charge on any atom is -0.423 e. The Kier molecular flexibility index (Phi) is 8.33. The van der Waals surface area contributed by atoms with Crippen molar-refractivity contribution in [2.45, 2.75) is 77.0 Å². The number of rotatable bonds is 9. The fraction of sp³-hybridized carbons (Fsp3) is 0.500. The molecule has 2 aromatic rings. The van der Waals surface area contributed by atoms with Crippen LogP contribution >= 0.6 is 0 Å². The zero-order valence-corrected chi connectivity index (χ0v) is 18.5. The van der Waals surface area contributed by atoms with Gasteiger partial charge in [-0.3, -0.25) is 0 Å². The summed E-state index contributed by atoms with van der Waals surface area (Å²) in [7, 11) is 0. The van der Waals surface area contributed by atoms with Crippen LogP contribution in [0.2, 0.25) is 0 Å². The van der Waals surface area contributed by atoms with Gasteiger partial charge in [0, 0.05) is 17.4 Å². The summed E-state index contributed by atoms with van der Waals surface area (Å²) in [6.07, 6.45) is 12.3. The normalized spacial score (nSPS) is 18.6. The highest BCUT2D eigenvalue weighted by atomic mass is 19.1. The molecule has 0 amide bonds. The highest BCUT2D eigenvalue weighted by Crippen LogP contribution is 2.39. The number of carbonyl (C=O) groups is 1. The molecule has 5 heteroatoms. The molecule has 4 nitrogen and oxygen atoms in total. The lowest BCUT2D eigenvalue weighted by Crippen LogP contribution is -2.15. The molecular formula is C26H35FN2O2. The first-order chi connectivity index (χ1) is 15.0. The van der Waals surface area contributed by atoms with Crippen LogP contribution in [0.4, 0.5) is 15.8 Å². The summed E-state index contributed by atoms with van der Waals surface area (Å²) in [5.41, 5.74) is 13.2. The van der Waals surface area contributed by atoms with Crippen LogP contribution in [-0.2, 0) is 0 Å². The molecular weight excluding hydrogens is 391 g/mol. The Hall–Kier alpha value is -2.56. The number of halogens is 1. The van der Waals surface area contributed by atoms with Gasteiger partial charge >= 0.3 is 5.97 Å². The highest BCUT2D eigenvalue weighted by Gasteiger charge is 2.24. The molecule has 1 aliphatic carbocycles. The molecule has 0 saturated heterocycles. The topological polar surface area (TPSA) is 78.3 Å². The summed E-state index contributed by atoms with van der Waals surface area (Å²) in [6.45, 7) is 2.24. The predicted octanol–water partition coefficient (Wildman–Crippen LogP) is 6.84. The van der Waals surface area contributed by atoms with Crippen LogP contribution in [0.5, 0.6) is 5.75 Å². The van der Waals surface area contributed by atoms with Gasteiger partial charge in [0.2, 0.25) is 0 Å². The van der Waals surface area contributed by atoms with E-state index < -0.39 is 5.97 Å². The van der Waals surface area contributed by atoms with E-state index in [4.69, 9.17) is 16.2 Å². The standard InChI is InChI=1S/C26H35FN2O2/c1-2-3-4-5-6-7-18-8-10-19(11-9-18)24-13-12-23(17-25(24)27)31-26(30)20-14-21(28)16-22(29)15-20/h12-19H,2-11,28-29H2,1H3. The van der Waals surface area contributed by atoms with Gasteiger partial charge in [-0.05, 0) is 67.3 Å². The summed E-state index contributed by atoms with van der Waals surface area (Å²) in [5, 5.41) is 0. The smallest absolute Gasteiger partial charge is 0.343 e. The molecule has 0 spiro atoms. The number of nitrogens with two attached hydrogens (primary N) is 2. The molecule has 31 heavy (non-hydrogen) atoms. The first-order valence-electron chi connectivity index (χ1n) is 11.6. The van der Waals surface area contributed by atoms with E-state index in [0.29, 0.717) is 11.4 Å². The number of benzene rings is 2. The van der Waals surface area contributed by atoms with Crippen LogP contribution < -0.4 is 16.2 Å². The number of carbonyl (C=O) groups excluding carboxylic acids is 1. The first kappa shape index (κ1) is 23.1. The van der Waals surface area contributed by atoms with Crippen LogP contribution in [0.15, 0.2) is 36.4 Å². The molecule has 0 radical (unpaired) electrons. The van der Waals surface area contributed by atoms with E-state index in [0.717, 1.165) is 24.3 Å². The zero-order valence-electron chi connectivity index (χ0n) is 18.5. The van der Waals surface area contributed by atoms with E-state index in [1.807, 2.05) is 0 Å². The molecule has 0 bridgehead atoms. The monoisotopic (exact) mass is 426 g/mol. The Balaban J connectivity index is 1.52. The molecule has 4 N–H and O–H groups in total. The molecule has 1 fully saturated rings. The van der Waals surface area contributed by atoms with Crippen molar-refractivity contribution in [1.82, 2.24) is 0 Å². The van der Waals surface area contributed by atoms with Crippen LogP contribution in [0.3, 0.4) is 0 Å². The summed E-state index contributed by atoms with van der Waals surface area (Å²) < 4.78 is 20.1. The molecule has 0 aromatic heterocycles. The molecule has 0 atom stereocenters. The molecule has 0 aliphatic heterocycles. The fourth-order valence-corrected chi connectivity index (χ4v) is 4.66. The summed E-state index contributed by atoms with van der Waals surface area (Å²) in [6, 6.07) is 9.29. The second-order valence-corrected chi connectivity index (χ2v) is 8.88.